The molecule has 19 heavy (non-hydrogen) atoms. The fraction of sp³-hybridized carbons (Fsp3) is 0.286. The van der Waals surface area contributed by atoms with Gasteiger partial charge < -0.3 is 0 Å². The monoisotopic (exact) mass is 320 g/mol. The summed E-state index contributed by atoms with van der Waals surface area (Å²) in [5.41, 5.74) is 2.17. The molecule has 0 aliphatic carbocycles. The average Bonchev–Trinajstić information content (AvgIpc) is 2.49. The van der Waals surface area contributed by atoms with Crippen molar-refractivity contribution in [3.8, 4) is 11.1 Å². The number of nitrogens with zero attached hydrogens (tertiary/aromatic N) is 3. The van der Waals surface area contributed by atoms with Crippen molar-refractivity contribution in [2.75, 3.05) is 31.2 Å². The van der Waals surface area contributed by atoms with Crippen molar-refractivity contribution in [3.05, 3.63) is 36.5 Å². The molecule has 0 spiro atoms. The summed E-state index contributed by atoms with van der Waals surface area (Å²) >= 11 is 3.04. The minimum atomic E-state index is 0.743. The Hall–Kier alpha value is -1.42. The fourth-order valence-electron chi connectivity index (χ4n) is 2.09. The molecule has 1 aromatic carbocycles. The van der Waals surface area contributed by atoms with Crippen LogP contribution in [0.5, 0.6) is 0 Å². The molecule has 0 atom stereocenters. The van der Waals surface area contributed by atoms with Crippen LogP contribution >= 0.6 is 0 Å². The Labute approximate surface area is 120 Å². The normalized spacial score (nSPS) is 15.5. The molecule has 1 aliphatic heterocycles. The number of benzene rings is 1. The van der Waals surface area contributed by atoms with E-state index in [-0.39, 0.29) is 0 Å². The zero-order chi connectivity index (χ0) is 13.1. The zero-order valence-electron chi connectivity index (χ0n) is 10.5. The van der Waals surface area contributed by atoms with Gasteiger partial charge in [-0.3, -0.25) is 0 Å². The zero-order valence-corrected chi connectivity index (χ0v) is 12.2. The maximum atomic E-state index is 5.34. The van der Waals surface area contributed by atoms with E-state index in [1.165, 1.54) is 0 Å². The molecule has 1 saturated heterocycles. The third kappa shape index (κ3) is 2.78. The van der Waals surface area contributed by atoms with Crippen molar-refractivity contribution in [3.63, 3.8) is 0 Å². The molecule has 1 radical (unpaired) electrons. The molecule has 5 heteroatoms. The number of hydrogen-bond donors (Lipinski definition) is 0. The number of hydrogen-bond acceptors (Lipinski definition) is 4. The Morgan fingerprint density at radius 3 is 2.53 bits per heavy atom. The van der Waals surface area contributed by atoms with E-state index in [0.717, 1.165) is 48.0 Å². The Kier molecular flexibility index (Phi) is 3.78. The van der Waals surface area contributed by atoms with Gasteiger partial charge in [0.25, 0.3) is 0 Å². The number of anilines is 1. The molecule has 0 bridgehead atoms. The van der Waals surface area contributed by atoms with Crippen LogP contribution in [0.3, 0.4) is 0 Å². The van der Waals surface area contributed by atoms with E-state index in [4.69, 9.17) is 4.74 Å². The van der Waals surface area contributed by atoms with Crippen LogP contribution in [-0.4, -0.2) is 52.3 Å². The van der Waals surface area contributed by atoms with Crippen molar-refractivity contribution in [1.82, 2.24) is 9.97 Å². The van der Waals surface area contributed by atoms with E-state index in [2.05, 4.69) is 43.0 Å². The van der Waals surface area contributed by atoms with Crippen LogP contribution in [0.25, 0.3) is 11.1 Å². The second-order valence-electron chi connectivity index (χ2n) is 4.35. The van der Waals surface area contributed by atoms with Crippen LogP contribution in [0.4, 0.5) is 5.95 Å². The molecule has 0 saturated carbocycles. The SMILES string of the molecule is [Se]c1nc(N2CCOCC2)ncc1-c1ccccc1. The van der Waals surface area contributed by atoms with Crippen molar-refractivity contribution in [1.29, 1.82) is 0 Å². The van der Waals surface area contributed by atoms with Gasteiger partial charge in [0.1, 0.15) is 0 Å². The Morgan fingerprint density at radius 2 is 1.84 bits per heavy atom. The topological polar surface area (TPSA) is 38.2 Å². The molecule has 1 aliphatic rings. The van der Waals surface area contributed by atoms with Gasteiger partial charge in [-0.2, -0.15) is 0 Å². The van der Waals surface area contributed by atoms with Gasteiger partial charge in [-0.1, -0.05) is 0 Å². The standard InChI is InChI=1S/C14H14N3OSe/c19-13-12(11-4-2-1-3-5-11)10-15-14(16-13)17-6-8-18-9-7-17/h1-5,10H,6-9H2. The molecule has 0 unspecified atom stereocenters. The second-order valence-corrected chi connectivity index (χ2v) is 5.17. The first-order valence-corrected chi connectivity index (χ1v) is 7.12. The predicted octanol–water partition coefficient (Wildman–Crippen LogP) is 0.774. The first-order valence-electron chi connectivity index (χ1n) is 6.27. The first kappa shape index (κ1) is 12.6. The summed E-state index contributed by atoms with van der Waals surface area (Å²) in [5, 5.41) is 0. The summed E-state index contributed by atoms with van der Waals surface area (Å²) in [4.78, 5) is 11.2. The Bertz CT molecular complexity index is 556. The summed E-state index contributed by atoms with van der Waals surface area (Å²) in [6.45, 7) is 3.19. The van der Waals surface area contributed by atoms with Crippen LogP contribution in [-0.2, 0) is 4.74 Å². The molecule has 1 aromatic heterocycles. The molecule has 97 valence electrons. The van der Waals surface area contributed by atoms with Gasteiger partial charge in [0.2, 0.25) is 0 Å². The van der Waals surface area contributed by atoms with E-state index in [9.17, 15) is 0 Å². The summed E-state index contributed by atoms with van der Waals surface area (Å²) in [6.07, 6.45) is 1.89. The molecule has 2 heterocycles. The van der Waals surface area contributed by atoms with Crippen molar-refractivity contribution in [2.24, 2.45) is 0 Å². The molecular formula is C14H14N3OSe. The van der Waals surface area contributed by atoms with E-state index in [1.54, 1.807) is 0 Å². The predicted molar refractivity (Wildman–Crippen MR) is 75.9 cm³/mol. The molecule has 0 N–H and O–H groups in total. The average molecular weight is 319 g/mol. The molecule has 4 nitrogen and oxygen atoms in total. The van der Waals surface area contributed by atoms with Crippen molar-refractivity contribution in [2.45, 2.75) is 0 Å². The van der Waals surface area contributed by atoms with E-state index in [1.807, 2.05) is 24.4 Å². The van der Waals surface area contributed by atoms with Gasteiger partial charge in [0, 0.05) is 0 Å². The number of rotatable bonds is 2. The van der Waals surface area contributed by atoms with Crippen LogP contribution in [0, 0.1) is 0 Å². The van der Waals surface area contributed by atoms with Crippen LogP contribution in [0.15, 0.2) is 36.5 Å². The van der Waals surface area contributed by atoms with Gasteiger partial charge in [-0.05, 0) is 0 Å². The molecular weight excluding hydrogens is 305 g/mol. The van der Waals surface area contributed by atoms with E-state index < -0.39 is 0 Å². The van der Waals surface area contributed by atoms with Gasteiger partial charge in [-0.15, -0.1) is 0 Å². The van der Waals surface area contributed by atoms with Gasteiger partial charge in [0.05, 0.1) is 0 Å². The fourth-order valence-corrected chi connectivity index (χ4v) is 2.62. The second kappa shape index (κ2) is 5.70. The van der Waals surface area contributed by atoms with Gasteiger partial charge in [0.15, 0.2) is 0 Å². The molecule has 3 rings (SSSR count). The maximum absolute atomic E-state index is 5.34. The molecule has 2 aromatic rings. The summed E-state index contributed by atoms with van der Waals surface area (Å²) in [6, 6.07) is 10.2. The minimum absolute atomic E-state index is 0.743. The Morgan fingerprint density at radius 1 is 1.11 bits per heavy atom. The summed E-state index contributed by atoms with van der Waals surface area (Å²) in [7, 11) is 0. The van der Waals surface area contributed by atoms with Gasteiger partial charge >= 0.3 is 120 Å². The van der Waals surface area contributed by atoms with Gasteiger partial charge in [-0.25, -0.2) is 0 Å². The van der Waals surface area contributed by atoms with Crippen LogP contribution in [0.2, 0.25) is 0 Å². The molecule has 0 amide bonds. The number of aromatic nitrogens is 2. The third-order valence-electron chi connectivity index (χ3n) is 3.12. The van der Waals surface area contributed by atoms with Crippen LogP contribution < -0.4 is 9.49 Å². The van der Waals surface area contributed by atoms with E-state index >= 15 is 0 Å². The van der Waals surface area contributed by atoms with E-state index in [0.29, 0.717) is 0 Å². The summed E-state index contributed by atoms with van der Waals surface area (Å²) < 4.78 is 6.23. The first-order chi connectivity index (χ1) is 9.34. The van der Waals surface area contributed by atoms with Crippen molar-refractivity contribution < 1.29 is 4.74 Å². The quantitative estimate of drug-likeness (QED) is 0.767. The van der Waals surface area contributed by atoms with Crippen molar-refractivity contribution >= 4 is 26.6 Å². The number of ether oxygens (including phenoxy) is 1. The number of morpholine rings is 1. The molecule has 1 fully saturated rings. The Balaban J connectivity index is 1.89. The summed E-state index contributed by atoms with van der Waals surface area (Å²) in [5.74, 6) is 0.775. The third-order valence-corrected chi connectivity index (χ3v) is 3.77. The van der Waals surface area contributed by atoms with Crippen LogP contribution in [0.1, 0.15) is 0 Å².